The van der Waals surface area contributed by atoms with Crippen LogP contribution in [0.15, 0.2) is 60.3 Å². The van der Waals surface area contributed by atoms with E-state index in [-0.39, 0.29) is 18.0 Å². The van der Waals surface area contributed by atoms with E-state index in [1.165, 1.54) is 20.3 Å². The molecule has 0 aliphatic carbocycles. The van der Waals surface area contributed by atoms with Crippen LogP contribution in [0.25, 0.3) is 17.0 Å². The van der Waals surface area contributed by atoms with Crippen LogP contribution in [-0.4, -0.2) is 30.7 Å². The van der Waals surface area contributed by atoms with Gasteiger partial charge in [-0.1, -0.05) is 30.3 Å². The van der Waals surface area contributed by atoms with Gasteiger partial charge in [-0.2, -0.15) is 5.26 Å². The van der Waals surface area contributed by atoms with Gasteiger partial charge in [0, 0.05) is 22.7 Å². The maximum Gasteiger partial charge on any atom is 0.348 e. The normalized spacial score (nSPS) is 11.0. The van der Waals surface area contributed by atoms with Crippen molar-refractivity contribution in [2.24, 2.45) is 0 Å². The van der Waals surface area contributed by atoms with E-state index in [0.29, 0.717) is 17.0 Å². The summed E-state index contributed by atoms with van der Waals surface area (Å²) in [7, 11) is 2.76. The summed E-state index contributed by atoms with van der Waals surface area (Å²) >= 11 is 0. The number of fused-ring (bicyclic) bond motifs is 1. The fourth-order valence-corrected chi connectivity index (χ4v) is 3.02. The number of anilines is 1. The average molecular weight is 389 g/mol. The molecule has 1 heterocycles. The number of carbonyl (C=O) groups excluding carboxylic acids is 2. The molecule has 7 heteroatoms. The number of ether oxygens (including phenoxy) is 2. The Morgan fingerprint density at radius 1 is 1.14 bits per heavy atom. The van der Waals surface area contributed by atoms with Crippen molar-refractivity contribution in [2.75, 3.05) is 19.5 Å². The number of carbonyl (C=O) groups is 2. The maximum atomic E-state index is 12.6. The molecule has 0 atom stereocenters. The van der Waals surface area contributed by atoms with Crippen molar-refractivity contribution in [1.82, 2.24) is 4.57 Å². The number of nitrogens with zero attached hydrogens (tertiary/aromatic N) is 2. The Balaban J connectivity index is 1.92. The van der Waals surface area contributed by atoms with E-state index in [2.05, 4.69) is 10.1 Å². The van der Waals surface area contributed by atoms with Crippen LogP contribution < -0.4 is 10.1 Å². The topological polar surface area (TPSA) is 93.4 Å². The number of benzene rings is 2. The first-order valence-electron chi connectivity index (χ1n) is 8.78. The second-order valence-electron chi connectivity index (χ2n) is 6.14. The Morgan fingerprint density at radius 2 is 1.86 bits per heavy atom. The summed E-state index contributed by atoms with van der Waals surface area (Å²) in [6.07, 6.45) is 3.19. The third kappa shape index (κ3) is 4.28. The molecule has 29 heavy (non-hydrogen) atoms. The molecule has 0 saturated carbocycles. The van der Waals surface area contributed by atoms with Crippen LogP contribution in [0, 0.1) is 11.3 Å². The third-order valence-corrected chi connectivity index (χ3v) is 4.34. The number of nitrogens with one attached hydrogen (secondary N) is 1. The van der Waals surface area contributed by atoms with Crippen LogP contribution in [-0.2, 0) is 20.9 Å². The zero-order chi connectivity index (χ0) is 20.8. The van der Waals surface area contributed by atoms with Crippen LogP contribution in [0.1, 0.15) is 5.56 Å². The highest BCUT2D eigenvalue weighted by Gasteiger charge is 2.14. The first kappa shape index (κ1) is 19.7. The lowest BCUT2D eigenvalue weighted by Gasteiger charge is -2.10. The summed E-state index contributed by atoms with van der Waals surface area (Å²) < 4.78 is 11.7. The molecule has 0 radical (unpaired) electrons. The molecule has 7 nitrogen and oxygen atoms in total. The predicted octanol–water partition coefficient (Wildman–Crippen LogP) is 3.37. The highest BCUT2D eigenvalue weighted by atomic mass is 16.5. The summed E-state index contributed by atoms with van der Waals surface area (Å²) in [6, 6.07) is 16.4. The summed E-state index contributed by atoms with van der Waals surface area (Å²) in [5.41, 5.74) is 1.91. The second-order valence-corrected chi connectivity index (χ2v) is 6.14. The van der Waals surface area contributed by atoms with E-state index in [9.17, 15) is 14.9 Å². The van der Waals surface area contributed by atoms with Crippen molar-refractivity contribution in [3.63, 3.8) is 0 Å². The van der Waals surface area contributed by atoms with E-state index in [1.54, 1.807) is 22.9 Å². The monoisotopic (exact) mass is 389 g/mol. The predicted molar refractivity (Wildman–Crippen MR) is 109 cm³/mol. The number of esters is 1. The van der Waals surface area contributed by atoms with E-state index >= 15 is 0 Å². The molecule has 0 aliphatic rings. The quantitative estimate of drug-likeness (QED) is 0.396. The Bertz CT molecular complexity index is 1140. The summed E-state index contributed by atoms with van der Waals surface area (Å²) in [5, 5.41) is 12.9. The first-order valence-corrected chi connectivity index (χ1v) is 8.78. The van der Waals surface area contributed by atoms with Gasteiger partial charge in [0.05, 0.1) is 19.9 Å². The van der Waals surface area contributed by atoms with Crippen molar-refractivity contribution in [1.29, 1.82) is 5.26 Å². The zero-order valence-electron chi connectivity index (χ0n) is 16.0. The minimum absolute atomic E-state index is 0.0481. The number of aromatic nitrogens is 1. The number of para-hydroxylation sites is 3. The van der Waals surface area contributed by atoms with E-state index in [1.807, 2.05) is 42.5 Å². The van der Waals surface area contributed by atoms with Gasteiger partial charge in [-0.15, -0.1) is 0 Å². The van der Waals surface area contributed by atoms with Crippen molar-refractivity contribution in [3.05, 3.63) is 65.9 Å². The molecule has 1 N–H and O–H groups in total. The number of methoxy groups -OCH3 is 2. The molecule has 0 bridgehead atoms. The lowest BCUT2D eigenvalue weighted by molar-refractivity contribution is -0.135. The standard InChI is InChI=1S/C22H19N3O4/c1-28-20-10-6-4-8-18(20)24-21(26)14-25-13-16(11-15(12-23)22(27)29-2)17-7-3-5-9-19(17)25/h3-11,13H,14H2,1-2H3,(H,24,26)/b15-11+. The number of rotatable bonds is 6. The minimum atomic E-state index is -0.710. The summed E-state index contributed by atoms with van der Waals surface area (Å²) in [6.45, 7) is 0.0481. The molecule has 3 rings (SSSR count). The molecule has 0 unspecified atom stereocenters. The molecule has 2 aromatic carbocycles. The van der Waals surface area contributed by atoms with E-state index in [4.69, 9.17) is 4.74 Å². The highest BCUT2D eigenvalue weighted by Crippen LogP contribution is 2.25. The van der Waals surface area contributed by atoms with Gasteiger partial charge >= 0.3 is 5.97 Å². The van der Waals surface area contributed by atoms with Crippen LogP contribution in [0.3, 0.4) is 0 Å². The molecule has 146 valence electrons. The lowest BCUT2D eigenvalue weighted by atomic mass is 10.1. The smallest absolute Gasteiger partial charge is 0.348 e. The number of nitriles is 1. The molecule has 3 aromatic rings. The van der Waals surface area contributed by atoms with Crippen molar-refractivity contribution < 1.29 is 19.1 Å². The van der Waals surface area contributed by atoms with Crippen molar-refractivity contribution in [2.45, 2.75) is 6.54 Å². The Hall–Kier alpha value is -4.05. The van der Waals surface area contributed by atoms with Crippen LogP contribution in [0.5, 0.6) is 5.75 Å². The highest BCUT2D eigenvalue weighted by molar-refractivity contribution is 6.01. The van der Waals surface area contributed by atoms with Crippen LogP contribution in [0.2, 0.25) is 0 Å². The Kier molecular flexibility index (Phi) is 5.95. The Morgan fingerprint density at radius 3 is 2.59 bits per heavy atom. The SMILES string of the molecule is COC(=O)/C(C#N)=C/c1cn(CC(=O)Nc2ccccc2OC)c2ccccc12. The molecule has 0 aliphatic heterocycles. The fraction of sp³-hybridized carbons (Fsp3) is 0.136. The first-order chi connectivity index (χ1) is 14.1. The van der Waals surface area contributed by atoms with Crippen LogP contribution in [0.4, 0.5) is 5.69 Å². The average Bonchev–Trinajstić information content (AvgIpc) is 3.09. The van der Waals surface area contributed by atoms with Crippen LogP contribution >= 0.6 is 0 Å². The molecule has 0 saturated heterocycles. The number of amides is 1. The summed E-state index contributed by atoms with van der Waals surface area (Å²) in [4.78, 5) is 24.3. The van der Waals surface area contributed by atoms with Gasteiger partial charge in [0.1, 0.15) is 23.9 Å². The largest absolute Gasteiger partial charge is 0.495 e. The molecule has 1 amide bonds. The van der Waals surface area contributed by atoms with Gasteiger partial charge < -0.3 is 19.4 Å². The van der Waals surface area contributed by atoms with E-state index in [0.717, 1.165) is 10.9 Å². The summed E-state index contributed by atoms with van der Waals surface area (Å²) in [5.74, 6) is -0.379. The minimum Gasteiger partial charge on any atom is -0.495 e. The van der Waals surface area contributed by atoms with Gasteiger partial charge in [0.15, 0.2) is 0 Å². The van der Waals surface area contributed by atoms with Gasteiger partial charge in [-0.25, -0.2) is 4.79 Å². The lowest BCUT2D eigenvalue weighted by Crippen LogP contribution is -2.18. The molecular weight excluding hydrogens is 370 g/mol. The van der Waals surface area contributed by atoms with Crippen molar-refractivity contribution >= 4 is 34.5 Å². The Labute approximate surface area is 167 Å². The van der Waals surface area contributed by atoms with Gasteiger partial charge in [0.25, 0.3) is 0 Å². The van der Waals surface area contributed by atoms with Gasteiger partial charge in [0.2, 0.25) is 5.91 Å². The van der Waals surface area contributed by atoms with E-state index < -0.39 is 5.97 Å². The van der Waals surface area contributed by atoms with Gasteiger partial charge in [-0.3, -0.25) is 4.79 Å². The fourth-order valence-electron chi connectivity index (χ4n) is 3.02. The third-order valence-electron chi connectivity index (χ3n) is 4.34. The molecule has 0 spiro atoms. The zero-order valence-corrected chi connectivity index (χ0v) is 16.0. The maximum absolute atomic E-state index is 12.6. The van der Waals surface area contributed by atoms with Crippen molar-refractivity contribution in [3.8, 4) is 11.8 Å². The molecular formula is C22H19N3O4. The number of hydrogen-bond acceptors (Lipinski definition) is 5. The second kappa shape index (κ2) is 8.76. The number of hydrogen-bond donors (Lipinski definition) is 1. The molecule has 0 fully saturated rings. The van der Waals surface area contributed by atoms with Gasteiger partial charge in [-0.05, 0) is 24.3 Å². The molecule has 1 aromatic heterocycles.